The zero-order valence-corrected chi connectivity index (χ0v) is 14.4. The van der Waals surface area contributed by atoms with Crippen LogP contribution in [0.1, 0.15) is 25.8 Å². The maximum absolute atomic E-state index is 12.6. The first kappa shape index (κ1) is 15.6. The molecule has 0 N–H and O–H groups in total. The first-order chi connectivity index (χ1) is 10.4. The molecule has 0 radical (unpaired) electrons. The van der Waals surface area contributed by atoms with E-state index < -0.39 is 0 Å². The van der Waals surface area contributed by atoms with Gasteiger partial charge in [-0.25, -0.2) is 9.69 Å². The van der Waals surface area contributed by atoms with Crippen molar-refractivity contribution in [2.45, 2.75) is 32.4 Å². The third kappa shape index (κ3) is 2.82. The fourth-order valence-electron chi connectivity index (χ4n) is 2.70. The summed E-state index contributed by atoms with van der Waals surface area (Å²) >= 11 is 1.51. The second-order valence-electron chi connectivity index (χ2n) is 6.80. The minimum Gasteiger partial charge on any atom is -0.379 e. The quantitative estimate of drug-likeness (QED) is 0.822. The normalized spacial score (nSPS) is 24.4. The van der Waals surface area contributed by atoms with E-state index in [9.17, 15) is 4.79 Å². The largest absolute Gasteiger partial charge is 0.379 e. The van der Waals surface area contributed by atoms with E-state index in [1.165, 1.54) is 11.3 Å². The van der Waals surface area contributed by atoms with Crippen molar-refractivity contribution >= 4 is 22.5 Å². The smallest absolute Gasteiger partial charge is 0.327 e. The molecule has 3 rings (SSSR count). The summed E-state index contributed by atoms with van der Waals surface area (Å²) in [6.07, 6.45) is 0.0159. The van der Waals surface area contributed by atoms with Gasteiger partial charge in [-0.05, 0) is 0 Å². The van der Waals surface area contributed by atoms with Gasteiger partial charge in [-0.1, -0.05) is 32.1 Å². The lowest BCUT2D eigenvalue weighted by Crippen LogP contribution is -2.51. The SMILES string of the molecule is CN1CC(N2CCOCC2)N(c2nnc(C(C)(C)C)s2)C1=O. The van der Waals surface area contributed by atoms with Crippen LogP contribution in [0.2, 0.25) is 0 Å². The molecule has 22 heavy (non-hydrogen) atoms. The number of aromatic nitrogens is 2. The Morgan fingerprint density at radius 3 is 2.50 bits per heavy atom. The summed E-state index contributed by atoms with van der Waals surface area (Å²) < 4.78 is 5.42. The Hall–Kier alpha value is -1.25. The van der Waals surface area contributed by atoms with Gasteiger partial charge in [0.1, 0.15) is 11.2 Å². The third-order valence-electron chi connectivity index (χ3n) is 4.00. The molecule has 0 aliphatic carbocycles. The van der Waals surface area contributed by atoms with Crippen molar-refractivity contribution in [3.8, 4) is 0 Å². The predicted octanol–water partition coefficient (Wildman–Crippen LogP) is 1.37. The fourth-order valence-corrected chi connectivity index (χ4v) is 3.64. The van der Waals surface area contributed by atoms with E-state index in [0.29, 0.717) is 24.9 Å². The highest BCUT2D eigenvalue weighted by atomic mass is 32.1. The summed E-state index contributed by atoms with van der Waals surface area (Å²) in [7, 11) is 1.83. The third-order valence-corrected chi connectivity index (χ3v) is 5.35. The molecule has 2 fully saturated rings. The number of amides is 2. The van der Waals surface area contributed by atoms with Crippen molar-refractivity contribution in [3.63, 3.8) is 0 Å². The predicted molar refractivity (Wildman–Crippen MR) is 85.3 cm³/mol. The van der Waals surface area contributed by atoms with Gasteiger partial charge in [-0.2, -0.15) is 0 Å². The molecule has 8 heteroatoms. The molecule has 2 aliphatic rings. The zero-order chi connectivity index (χ0) is 15.9. The maximum atomic E-state index is 12.6. The van der Waals surface area contributed by atoms with Gasteiger partial charge >= 0.3 is 6.03 Å². The van der Waals surface area contributed by atoms with Gasteiger partial charge < -0.3 is 9.64 Å². The number of likely N-dealkylation sites (N-methyl/N-ethyl adjacent to an activating group) is 1. The number of carbonyl (C=O) groups is 1. The Kier molecular flexibility index (Phi) is 4.09. The summed E-state index contributed by atoms with van der Waals surface area (Å²) in [6.45, 7) is 10.1. The van der Waals surface area contributed by atoms with Gasteiger partial charge in [0.05, 0.1) is 19.8 Å². The number of rotatable bonds is 2. The highest BCUT2D eigenvalue weighted by Gasteiger charge is 2.42. The van der Waals surface area contributed by atoms with Gasteiger partial charge in [0, 0.05) is 25.6 Å². The summed E-state index contributed by atoms with van der Waals surface area (Å²) in [6, 6.07) is -0.00639. The molecule has 2 amide bonds. The highest BCUT2D eigenvalue weighted by molar-refractivity contribution is 7.15. The molecule has 0 aromatic carbocycles. The fraction of sp³-hybridized carbons (Fsp3) is 0.786. The number of morpholine rings is 1. The molecule has 1 aromatic rings. The van der Waals surface area contributed by atoms with Crippen LogP contribution >= 0.6 is 11.3 Å². The van der Waals surface area contributed by atoms with Crippen LogP contribution in [-0.4, -0.2) is 72.1 Å². The molecule has 7 nitrogen and oxygen atoms in total. The van der Waals surface area contributed by atoms with Crippen LogP contribution in [0.4, 0.5) is 9.93 Å². The highest BCUT2D eigenvalue weighted by Crippen LogP contribution is 2.33. The molecule has 1 unspecified atom stereocenters. The molecule has 0 bridgehead atoms. The maximum Gasteiger partial charge on any atom is 0.327 e. The van der Waals surface area contributed by atoms with Crippen LogP contribution in [0.3, 0.4) is 0 Å². The molecule has 0 saturated carbocycles. The first-order valence-electron chi connectivity index (χ1n) is 7.58. The molecule has 1 atom stereocenters. The van der Waals surface area contributed by atoms with E-state index in [1.807, 2.05) is 7.05 Å². The van der Waals surface area contributed by atoms with Crippen LogP contribution in [0.5, 0.6) is 0 Å². The van der Waals surface area contributed by atoms with E-state index in [-0.39, 0.29) is 17.6 Å². The number of carbonyl (C=O) groups excluding carboxylic acids is 1. The van der Waals surface area contributed by atoms with Crippen molar-refractivity contribution in [1.82, 2.24) is 20.0 Å². The second kappa shape index (κ2) is 5.75. The van der Waals surface area contributed by atoms with Gasteiger partial charge in [0.2, 0.25) is 5.13 Å². The zero-order valence-electron chi connectivity index (χ0n) is 13.6. The van der Waals surface area contributed by atoms with Crippen LogP contribution in [0, 0.1) is 0 Å². The molecular weight excluding hydrogens is 302 g/mol. The first-order valence-corrected chi connectivity index (χ1v) is 8.39. The minimum absolute atomic E-state index is 0.00639. The Balaban J connectivity index is 1.87. The van der Waals surface area contributed by atoms with E-state index >= 15 is 0 Å². The van der Waals surface area contributed by atoms with Gasteiger partial charge in [-0.3, -0.25) is 4.90 Å². The van der Waals surface area contributed by atoms with E-state index in [4.69, 9.17) is 4.74 Å². The Morgan fingerprint density at radius 2 is 1.91 bits per heavy atom. The van der Waals surface area contributed by atoms with Crippen molar-refractivity contribution in [1.29, 1.82) is 0 Å². The number of urea groups is 1. The van der Waals surface area contributed by atoms with Gasteiger partial charge in [0.15, 0.2) is 0 Å². The number of hydrogen-bond acceptors (Lipinski definition) is 6. The standard InChI is InChI=1S/C14H23N5O2S/c1-14(2,3)11-15-16-12(22-11)19-10(9-17(4)13(19)20)18-5-7-21-8-6-18/h10H,5-9H2,1-4H3. The summed E-state index contributed by atoms with van der Waals surface area (Å²) in [5.74, 6) is 0. The summed E-state index contributed by atoms with van der Waals surface area (Å²) in [5.41, 5.74) is -0.0565. The van der Waals surface area contributed by atoms with Gasteiger partial charge in [-0.15, -0.1) is 10.2 Å². The van der Waals surface area contributed by atoms with Crippen LogP contribution < -0.4 is 4.90 Å². The number of nitrogens with zero attached hydrogens (tertiary/aromatic N) is 5. The Bertz CT molecular complexity index is 550. The molecule has 122 valence electrons. The molecule has 1 aromatic heterocycles. The van der Waals surface area contributed by atoms with E-state index in [2.05, 4.69) is 35.9 Å². The molecule has 2 saturated heterocycles. The molecular formula is C14H23N5O2S. The minimum atomic E-state index is -0.0565. The molecule has 3 heterocycles. The number of anilines is 1. The number of ether oxygens (including phenoxy) is 1. The van der Waals surface area contributed by atoms with Crippen molar-refractivity contribution in [2.75, 3.05) is 44.8 Å². The van der Waals surface area contributed by atoms with E-state index in [0.717, 1.165) is 18.1 Å². The monoisotopic (exact) mass is 325 g/mol. The Labute approximate surface area is 134 Å². The average molecular weight is 325 g/mol. The average Bonchev–Trinajstić information content (AvgIpc) is 3.06. The lowest BCUT2D eigenvalue weighted by molar-refractivity contribution is 0.0194. The van der Waals surface area contributed by atoms with Crippen LogP contribution in [0.25, 0.3) is 0 Å². The lowest BCUT2D eigenvalue weighted by atomic mass is 9.98. The summed E-state index contributed by atoms with van der Waals surface area (Å²) in [5, 5.41) is 10.2. The second-order valence-corrected chi connectivity index (χ2v) is 7.76. The summed E-state index contributed by atoms with van der Waals surface area (Å²) in [4.78, 5) is 18.4. The van der Waals surface area contributed by atoms with Crippen molar-refractivity contribution < 1.29 is 9.53 Å². The topological polar surface area (TPSA) is 61.8 Å². The molecule has 2 aliphatic heterocycles. The van der Waals surface area contributed by atoms with Crippen LogP contribution in [0.15, 0.2) is 0 Å². The van der Waals surface area contributed by atoms with Crippen LogP contribution in [-0.2, 0) is 10.2 Å². The molecule has 0 spiro atoms. The van der Waals surface area contributed by atoms with E-state index in [1.54, 1.807) is 9.80 Å². The Morgan fingerprint density at radius 1 is 1.23 bits per heavy atom. The number of hydrogen-bond donors (Lipinski definition) is 0. The lowest BCUT2D eigenvalue weighted by Gasteiger charge is -2.34. The van der Waals surface area contributed by atoms with Gasteiger partial charge in [0.25, 0.3) is 0 Å². The van der Waals surface area contributed by atoms with Crippen molar-refractivity contribution in [3.05, 3.63) is 5.01 Å². The van der Waals surface area contributed by atoms with Crippen molar-refractivity contribution in [2.24, 2.45) is 0 Å².